The van der Waals surface area contributed by atoms with Gasteiger partial charge in [-0.3, -0.25) is 0 Å². The molecule has 1 fully saturated rings. The molecule has 1 atom stereocenters. The minimum absolute atomic E-state index is 0.241. The Morgan fingerprint density at radius 1 is 1.42 bits per heavy atom. The number of imidazole rings is 1. The van der Waals surface area contributed by atoms with Crippen LogP contribution in [0.4, 0.5) is 5.95 Å². The van der Waals surface area contributed by atoms with Crippen molar-refractivity contribution < 1.29 is 9.90 Å². The van der Waals surface area contributed by atoms with E-state index in [9.17, 15) is 9.90 Å². The molecule has 3 rings (SSSR count). The third-order valence-corrected chi connectivity index (χ3v) is 4.05. The molecule has 1 aromatic heterocycles. The van der Waals surface area contributed by atoms with Crippen molar-refractivity contribution in [3.05, 3.63) is 11.4 Å². The van der Waals surface area contributed by atoms with E-state index in [1.54, 1.807) is 0 Å². The van der Waals surface area contributed by atoms with Crippen LogP contribution in [-0.4, -0.2) is 52.2 Å². The number of piperidine rings is 1. The Kier molecular flexibility index (Phi) is 3.18. The molecule has 0 aromatic carbocycles. The second-order valence-corrected chi connectivity index (χ2v) is 5.51. The Morgan fingerprint density at radius 3 is 3.00 bits per heavy atom. The van der Waals surface area contributed by atoms with Crippen molar-refractivity contribution >= 4 is 11.9 Å². The van der Waals surface area contributed by atoms with Gasteiger partial charge in [0.25, 0.3) is 0 Å². The van der Waals surface area contributed by atoms with Crippen LogP contribution in [-0.2, 0) is 6.54 Å². The van der Waals surface area contributed by atoms with E-state index in [0.29, 0.717) is 5.69 Å². The second kappa shape index (κ2) is 4.85. The monoisotopic (exact) mass is 264 g/mol. The Morgan fingerprint density at radius 2 is 2.26 bits per heavy atom. The number of likely N-dealkylation sites (tertiary alicyclic amines) is 1. The molecule has 0 aliphatic carbocycles. The van der Waals surface area contributed by atoms with Crippen molar-refractivity contribution in [1.29, 1.82) is 0 Å². The first-order valence-electron chi connectivity index (χ1n) is 6.93. The number of likely N-dealkylation sites (N-methyl/N-ethyl adjacent to an activating group) is 1. The summed E-state index contributed by atoms with van der Waals surface area (Å²) in [4.78, 5) is 18.4. The molecule has 1 saturated heterocycles. The largest absolute Gasteiger partial charge is 0.477 e. The summed E-state index contributed by atoms with van der Waals surface area (Å²) in [6.45, 7) is 3.61. The van der Waals surface area contributed by atoms with E-state index < -0.39 is 5.97 Å². The molecular formula is C13H20N4O2. The van der Waals surface area contributed by atoms with Crippen LogP contribution in [0.3, 0.4) is 0 Å². The standard InChI is InChI=1S/C13H20N4O2/c1-16-6-2-4-9(8-16)10-11(12(18)19)17-7-3-5-14-13(17)15-10/h9H,2-8H2,1H3,(H,14,15)(H,18,19). The van der Waals surface area contributed by atoms with Crippen LogP contribution in [0.15, 0.2) is 0 Å². The van der Waals surface area contributed by atoms with Gasteiger partial charge in [-0.25, -0.2) is 9.78 Å². The van der Waals surface area contributed by atoms with Crippen molar-refractivity contribution in [3.63, 3.8) is 0 Å². The topological polar surface area (TPSA) is 70.4 Å². The average Bonchev–Trinajstić information content (AvgIpc) is 2.78. The molecule has 3 heterocycles. The molecule has 0 amide bonds. The number of hydrogen-bond acceptors (Lipinski definition) is 4. The predicted molar refractivity (Wildman–Crippen MR) is 71.8 cm³/mol. The fraction of sp³-hybridized carbons (Fsp3) is 0.692. The van der Waals surface area contributed by atoms with Gasteiger partial charge in [0.15, 0.2) is 5.69 Å². The minimum atomic E-state index is -0.856. The number of aromatic carboxylic acids is 1. The third-order valence-electron chi connectivity index (χ3n) is 4.05. The van der Waals surface area contributed by atoms with Gasteiger partial charge < -0.3 is 19.9 Å². The number of hydrogen-bond donors (Lipinski definition) is 2. The molecule has 6 nitrogen and oxygen atoms in total. The number of nitrogens with zero attached hydrogens (tertiary/aromatic N) is 3. The molecule has 0 bridgehead atoms. The van der Waals surface area contributed by atoms with Gasteiger partial charge >= 0.3 is 5.97 Å². The Balaban J connectivity index is 2.00. The number of rotatable bonds is 2. The van der Waals surface area contributed by atoms with E-state index in [-0.39, 0.29) is 5.92 Å². The fourth-order valence-electron chi connectivity index (χ4n) is 3.16. The van der Waals surface area contributed by atoms with Gasteiger partial charge in [0, 0.05) is 25.6 Å². The van der Waals surface area contributed by atoms with Crippen LogP contribution in [0.25, 0.3) is 0 Å². The number of carbonyl (C=O) groups is 1. The highest BCUT2D eigenvalue weighted by Gasteiger charge is 2.30. The molecule has 2 aliphatic rings. The lowest BCUT2D eigenvalue weighted by atomic mass is 9.94. The predicted octanol–water partition coefficient (Wildman–Crippen LogP) is 1.21. The highest BCUT2D eigenvalue weighted by atomic mass is 16.4. The summed E-state index contributed by atoms with van der Waals surface area (Å²) in [5.74, 6) is 0.113. The van der Waals surface area contributed by atoms with Crippen LogP contribution in [0, 0.1) is 0 Å². The van der Waals surface area contributed by atoms with Gasteiger partial charge in [-0.1, -0.05) is 0 Å². The number of fused-ring (bicyclic) bond motifs is 1. The average molecular weight is 264 g/mol. The van der Waals surface area contributed by atoms with E-state index in [4.69, 9.17) is 0 Å². The first kappa shape index (κ1) is 12.5. The lowest BCUT2D eigenvalue weighted by Crippen LogP contribution is -2.31. The number of aromatic nitrogens is 2. The number of anilines is 1. The molecule has 6 heteroatoms. The van der Waals surface area contributed by atoms with E-state index >= 15 is 0 Å². The van der Waals surface area contributed by atoms with E-state index in [1.807, 2.05) is 4.57 Å². The summed E-state index contributed by atoms with van der Waals surface area (Å²) >= 11 is 0. The summed E-state index contributed by atoms with van der Waals surface area (Å²) in [5.41, 5.74) is 1.16. The summed E-state index contributed by atoms with van der Waals surface area (Å²) in [6, 6.07) is 0. The quantitative estimate of drug-likeness (QED) is 0.840. The van der Waals surface area contributed by atoms with Crippen LogP contribution in [0.1, 0.15) is 41.4 Å². The summed E-state index contributed by atoms with van der Waals surface area (Å²) < 4.78 is 1.83. The van der Waals surface area contributed by atoms with Gasteiger partial charge in [-0.05, 0) is 32.9 Å². The van der Waals surface area contributed by atoms with Crippen LogP contribution in [0.5, 0.6) is 0 Å². The van der Waals surface area contributed by atoms with Crippen molar-refractivity contribution in [2.24, 2.45) is 0 Å². The maximum Gasteiger partial charge on any atom is 0.354 e. The Hall–Kier alpha value is -1.56. The molecular weight excluding hydrogens is 244 g/mol. The van der Waals surface area contributed by atoms with E-state index in [1.165, 1.54) is 0 Å². The summed E-state index contributed by atoms with van der Waals surface area (Å²) in [6.07, 6.45) is 3.09. The SMILES string of the molecule is CN1CCCC(c2nc3n(c2C(=O)O)CCCN3)C1. The lowest BCUT2D eigenvalue weighted by molar-refractivity contribution is 0.0682. The van der Waals surface area contributed by atoms with Crippen molar-refractivity contribution in [1.82, 2.24) is 14.5 Å². The molecule has 0 radical (unpaired) electrons. The van der Waals surface area contributed by atoms with Gasteiger partial charge in [-0.15, -0.1) is 0 Å². The molecule has 104 valence electrons. The van der Waals surface area contributed by atoms with Crippen LogP contribution >= 0.6 is 0 Å². The van der Waals surface area contributed by atoms with E-state index in [0.717, 1.165) is 57.1 Å². The van der Waals surface area contributed by atoms with Gasteiger partial charge in [0.2, 0.25) is 5.95 Å². The smallest absolute Gasteiger partial charge is 0.354 e. The molecule has 2 aliphatic heterocycles. The van der Waals surface area contributed by atoms with Crippen LogP contribution < -0.4 is 5.32 Å². The zero-order chi connectivity index (χ0) is 13.4. The normalized spacial score (nSPS) is 23.7. The second-order valence-electron chi connectivity index (χ2n) is 5.51. The first-order chi connectivity index (χ1) is 9.16. The number of carboxylic acids is 1. The Bertz CT molecular complexity index is 497. The molecule has 0 saturated carbocycles. The van der Waals surface area contributed by atoms with Crippen molar-refractivity contribution in [2.45, 2.75) is 31.7 Å². The van der Waals surface area contributed by atoms with Crippen molar-refractivity contribution in [2.75, 3.05) is 32.0 Å². The number of nitrogens with one attached hydrogen (secondary N) is 1. The molecule has 0 spiro atoms. The summed E-state index contributed by atoms with van der Waals surface area (Å²) in [7, 11) is 2.08. The third kappa shape index (κ3) is 2.20. The molecule has 1 unspecified atom stereocenters. The van der Waals surface area contributed by atoms with Crippen molar-refractivity contribution in [3.8, 4) is 0 Å². The van der Waals surface area contributed by atoms with Crippen LogP contribution in [0.2, 0.25) is 0 Å². The highest BCUT2D eigenvalue weighted by Crippen LogP contribution is 2.31. The van der Waals surface area contributed by atoms with E-state index in [2.05, 4.69) is 22.2 Å². The van der Waals surface area contributed by atoms with Gasteiger partial charge in [0.1, 0.15) is 0 Å². The maximum absolute atomic E-state index is 11.6. The fourth-order valence-corrected chi connectivity index (χ4v) is 3.16. The van der Waals surface area contributed by atoms with Gasteiger partial charge in [0.05, 0.1) is 5.69 Å². The number of carboxylic acid groups (broad SMARTS) is 1. The summed E-state index contributed by atoms with van der Waals surface area (Å²) in [5, 5.41) is 12.7. The Labute approximate surface area is 112 Å². The molecule has 19 heavy (non-hydrogen) atoms. The zero-order valence-corrected chi connectivity index (χ0v) is 11.2. The van der Waals surface area contributed by atoms with Gasteiger partial charge in [-0.2, -0.15) is 0 Å². The molecule has 1 aromatic rings. The minimum Gasteiger partial charge on any atom is -0.477 e. The highest BCUT2D eigenvalue weighted by molar-refractivity contribution is 5.88. The molecule has 2 N–H and O–H groups in total. The lowest BCUT2D eigenvalue weighted by Gasteiger charge is -2.28. The maximum atomic E-state index is 11.6. The zero-order valence-electron chi connectivity index (χ0n) is 11.2. The first-order valence-corrected chi connectivity index (χ1v) is 6.93.